The van der Waals surface area contributed by atoms with Gasteiger partial charge in [-0.25, -0.2) is 17.2 Å². The summed E-state index contributed by atoms with van der Waals surface area (Å²) in [6.07, 6.45) is 0.429. The minimum Gasteiger partial charge on any atom is -0.379 e. The Labute approximate surface area is 92.4 Å². The lowest BCUT2D eigenvalue weighted by Crippen LogP contribution is -2.21. The van der Waals surface area contributed by atoms with Crippen LogP contribution in [0.4, 0.5) is 14.5 Å². The molecule has 1 atom stereocenters. The average Bonchev–Trinajstić information content (AvgIpc) is 2.53. The van der Waals surface area contributed by atoms with Gasteiger partial charge in [-0.2, -0.15) is 0 Å². The van der Waals surface area contributed by atoms with Crippen molar-refractivity contribution in [2.24, 2.45) is 0 Å². The van der Waals surface area contributed by atoms with E-state index in [0.29, 0.717) is 6.42 Å². The molecule has 1 heterocycles. The molecule has 1 aromatic carbocycles. The molecule has 0 aliphatic carbocycles. The van der Waals surface area contributed by atoms with Gasteiger partial charge in [0.05, 0.1) is 17.2 Å². The Hall–Kier alpha value is -1.17. The molecule has 0 saturated carbocycles. The van der Waals surface area contributed by atoms with Crippen LogP contribution in [0.3, 0.4) is 0 Å². The fraction of sp³-hybridized carbons (Fsp3) is 0.400. The van der Waals surface area contributed by atoms with Crippen molar-refractivity contribution in [3.8, 4) is 0 Å². The third kappa shape index (κ3) is 2.32. The zero-order chi connectivity index (χ0) is 11.8. The summed E-state index contributed by atoms with van der Waals surface area (Å²) in [5.74, 6) is -1.83. The second-order valence-electron chi connectivity index (χ2n) is 3.85. The zero-order valence-corrected chi connectivity index (χ0v) is 9.23. The van der Waals surface area contributed by atoms with E-state index in [9.17, 15) is 17.2 Å². The maximum Gasteiger partial charge on any atom is 0.181 e. The Morgan fingerprint density at radius 1 is 1.31 bits per heavy atom. The standard InChI is InChI=1S/C10H11F2NO2S/c11-8-2-1-3-9(10(8)12)13-7-4-5-16(14,15)6-7/h1-3,7,13H,4-6H2. The predicted molar refractivity (Wildman–Crippen MR) is 57.0 cm³/mol. The highest BCUT2D eigenvalue weighted by Crippen LogP contribution is 2.21. The molecule has 1 N–H and O–H groups in total. The quantitative estimate of drug-likeness (QED) is 0.862. The molecule has 1 aliphatic heterocycles. The summed E-state index contributed by atoms with van der Waals surface area (Å²) in [4.78, 5) is 0. The fourth-order valence-corrected chi connectivity index (χ4v) is 3.42. The smallest absolute Gasteiger partial charge is 0.181 e. The largest absolute Gasteiger partial charge is 0.379 e. The highest BCUT2D eigenvalue weighted by atomic mass is 32.2. The van der Waals surface area contributed by atoms with Gasteiger partial charge in [-0.1, -0.05) is 6.07 Å². The molecule has 1 fully saturated rings. The molecule has 2 rings (SSSR count). The summed E-state index contributed by atoms with van der Waals surface area (Å²) >= 11 is 0. The van der Waals surface area contributed by atoms with Gasteiger partial charge in [0, 0.05) is 6.04 Å². The first-order valence-electron chi connectivity index (χ1n) is 4.89. The number of sulfone groups is 1. The lowest BCUT2D eigenvalue weighted by Gasteiger charge is -2.12. The summed E-state index contributed by atoms with van der Waals surface area (Å²) in [6.45, 7) is 0. The molecule has 0 bridgehead atoms. The number of hydrogen-bond donors (Lipinski definition) is 1. The number of hydrogen-bond acceptors (Lipinski definition) is 3. The predicted octanol–water partition coefficient (Wildman–Crippen LogP) is 1.56. The van der Waals surface area contributed by atoms with Gasteiger partial charge in [-0.15, -0.1) is 0 Å². The number of anilines is 1. The van der Waals surface area contributed by atoms with E-state index in [2.05, 4.69) is 5.32 Å². The van der Waals surface area contributed by atoms with Gasteiger partial charge < -0.3 is 5.32 Å². The molecular weight excluding hydrogens is 236 g/mol. The summed E-state index contributed by atoms with van der Waals surface area (Å²) < 4.78 is 48.5. The Kier molecular flexibility index (Phi) is 2.84. The molecule has 88 valence electrons. The van der Waals surface area contributed by atoms with Gasteiger partial charge in [0.15, 0.2) is 21.5 Å². The molecule has 1 unspecified atom stereocenters. The van der Waals surface area contributed by atoms with Crippen LogP contribution >= 0.6 is 0 Å². The maximum absolute atomic E-state index is 13.3. The molecule has 0 aromatic heterocycles. The second-order valence-corrected chi connectivity index (χ2v) is 6.07. The van der Waals surface area contributed by atoms with Crippen LogP contribution in [0.2, 0.25) is 0 Å². The SMILES string of the molecule is O=S1(=O)CCC(Nc2cccc(F)c2F)C1. The molecule has 16 heavy (non-hydrogen) atoms. The summed E-state index contributed by atoms with van der Waals surface area (Å²) in [7, 11) is -3.02. The van der Waals surface area contributed by atoms with Gasteiger partial charge in [0.1, 0.15) is 0 Å². The van der Waals surface area contributed by atoms with Crippen molar-refractivity contribution in [1.82, 2.24) is 0 Å². The van der Waals surface area contributed by atoms with Crippen LogP contribution in [0.1, 0.15) is 6.42 Å². The summed E-state index contributed by atoms with van der Waals surface area (Å²) in [5.41, 5.74) is 0.0158. The van der Waals surface area contributed by atoms with Gasteiger partial charge >= 0.3 is 0 Å². The van der Waals surface area contributed by atoms with Crippen molar-refractivity contribution >= 4 is 15.5 Å². The number of rotatable bonds is 2. The highest BCUT2D eigenvalue weighted by molar-refractivity contribution is 7.91. The van der Waals surface area contributed by atoms with E-state index in [1.807, 2.05) is 0 Å². The summed E-state index contributed by atoms with van der Waals surface area (Å²) in [6, 6.07) is 3.46. The molecular formula is C10H11F2NO2S. The second kappa shape index (κ2) is 4.01. The molecule has 0 spiro atoms. The van der Waals surface area contributed by atoms with Crippen LogP contribution in [-0.2, 0) is 9.84 Å². The van der Waals surface area contributed by atoms with E-state index in [1.165, 1.54) is 12.1 Å². The summed E-state index contributed by atoms with van der Waals surface area (Å²) in [5, 5.41) is 2.71. The minimum absolute atomic E-state index is 0.0158. The van der Waals surface area contributed by atoms with Gasteiger partial charge in [-0.3, -0.25) is 0 Å². The molecule has 1 aliphatic rings. The fourth-order valence-electron chi connectivity index (χ4n) is 1.74. The van der Waals surface area contributed by atoms with E-state index >= 15 is 0 Å². The molecule has 0 amide bonds. The Bertz CT molecular complexity index is 502. The van der Waals surface area contributed by atoms with E-state index in [0.717, 1.165) is 6.07 Å². The van der Waals surface area contributed by atoms with Crippen molar-refractivity contribution in [1.29, 1.82) is 0 Å². The lowest BCUT2D eigenvalue weighted by molar-refractivity contribution is 0.510. The van der Waals surface area contributed by atoms with E-state index in [4.69, 9.17) is 0 Å². The van der Waals surface area contributed by atoms with Gasteiger partial charge in [-0.05, 0) is 18.6 Å². The van der Waals surface area contributed by atoms with Crippen LogP contribution in [0.5, 0.6) is 0 Å². The van der Waals surface area contributed by atoms with Crippen LogP contribution in [0.15, 0.2) is 18.2 Å². The number of benzene rings is 1. The van der Waals surface area contributed by atoms with Crippen LogP contribution < -0.4 is 5.32 Å². The minimum atomic E-state index is -3.02. The Morgan fingerprint density at radius 3 is 2.69 bits per heavy atom. The van der Waals surface area contributed by atoms with Crippen molar-refractivity contribution in [2.75, 3.05) is 16.8 Å². The van der Waals surface area contributed by atoms with E-state index < -0.39 is 21.5 Å². The van der Waals surface area contributed by atoms with Gasteiger partial charge in [0.2, 0.25) is 0 Å². The molecule has 0 radical (unpaired) electrons. The van der Waals surface area contributed by atoms with Crippen LogP contribution in [-0.4, -0.2) is 26.0 Å². The van der Waals surface area contributed by atoms with Crippen molar-refractivity contribution in [2.45, 2.75) is 12.5 Å². The van der Waals surface area contributed by atoms with Crippen molar-refractivity contribution < 1.29 is 17.2 Å². The number of nitrogens with one attached hydrogen (secondary N) is 1. The first kappa shape index (κ1) is 11.3. The van der Waals surface area contributed by atoms with E-state index in [-0.39, 0.29) is 23.2 Å². The third-order valence-corrected chi connectivity index (χ3v) is 4.31. The van der Waals surface area contributed by atoms with Crippen molar-refractivity contribution in [3.63, 3.8) is 0 Å². The average molecular weight is 247 g/mol. The first-order chi connectivity index (χ1) is 7.48. The normalized spacial score (nSPS) is 23.2. The Balaban J connectivity index is 2.14. The molecule has 6 heteroatoms. The molecule has 3 nitrogen and oxygen atoms in total. The zero-order valence-electron chi connectivity index (χ0n) is 8.41. The Morgan fingerprint density at radius 2 is 2.06 bits per heavy atom. The molecule has 1 aromatic rings. The topological polar surface area (TPSA) is 46.2 Å². The highest BCUT2D eigenvalue weighted by Gasteiger charge is 2.28. The maximum atomic E-state index is 13.3. The third-order valence-electron chi connectivity index (χ3n) is 2.54. The van der Waals surface area contributed by atoms with E-state index in [1.54, 1.807) is 0 Å². The lowest BCUT2D eigenvalue weighted by atomic mass is 10.2. The van der Waals surface area contributed by atoms with Gasteiger partial charge in [0.25, 0.3) is 0 Å². The first-order valence-corrected chi connectivity index (χ1v) is 6.71. The van der Waals surface area contributed by atoms with Crippen molar-refractivity contribution in [3.05, 3.63) is 29.8 Å². The molecule has 1 saturated heterocycles. The monoisotopic (exact) mass is 247 g/mol. The number of halogens is 2. The van der Waals surface area contributed by atoms with Crippen LogP contribution in [0, 0.1) is 11.6 Å². The van der Waals surface area contributed by atoms with Crippen LogP contribution in [0.25, 0.3) is 0 Å².